The third kappa shape index (κ3) is 4.71. The Morgan fingerprint density at radius 3 is 2.95 bits per heavy atom. The van der Waals surface area contributed by atoms with Crippen LogP contribution in [0, 0.1) is 10.1 Å². The maximum Gasteiger partial charge on any atom is 0.270 e. The Morgan fingerprint density at radius 2 is 2.20 bits per heavy atom. The molecule has 1 fully saturated rings. The van der Waals surface area contributed by atoms with Crippen LogP contribution in [-0.4, -0.2) is 55.4 Å². The second kappa shape index (κ2) is 7.72. The van der Waals surface area contributed by atoms with Gasteiger partial charge in [0, 0.05) is 44.5 Å². The zero-order valence-corrected chi connectivity index (χ0v) is 11.4. The minimum atomic E-state index is -0.393. The molecule has 1 saturated heterocycles. The van der Waals surface area contributed by atoms with Gasteiger partial charge < -0.3 is 4.74 Å². The fraction of sp³-hybridized carbons (Fsp3) is 0.500. The van der Waals surface area contributed by atoms with Gasteiger partial charge >= 0.3 is 0 Å². The van der Waals surface area contributed by atoms with Crippen LogP contribution >= 0.6 is 0 Å². The molecule has 0 aliphatic carbocycles. The first-order chi connectivity index (χ1) is 9.75. The van der Waals surface area contributed by atoms with Gasteiger partial charge in [0.25, 0.3) is 5.69 Å². The largest absolute Gasteiger partial charge is 0.379 e. The molecule has 0 spiro atoms. The molecule has 6 heteroatoms. The fourth-order valence-electron chi connectivity index (χ4n) is 2.10. The van der Waals surface area contributed by atoms with E-state index in [0.717, 1.165) is 51.4 Å². The molecule has 0 aromatic heterocycles. The minimum absolute atomic E-state index is 0.0993. The van der Waals surface area contributed by atoms with Gasteiger partial charge in [-0.3, -0.25) is 20.0 Å². The summed E-state index contributed by atoms with van der Waals surface area (Å²) < 4.78 is 5.29. The van der Waals surface area contributed by atoms with Crippen molar-refractivity contribution in [2.75, 3.05) is 39.4 Å². The van der Waals surface area contributed by atoms with Crippen LogP contribution in [0.4, 0.5) is 5.69 Å². The number of nitro benzene ring substituents is 1. The van der Waals surface area contributed by atoms with E-state index in [1.165, 1.54) is 12.1 Å². The summed E-state index contributed by atoms with van der Waals surface area (Å²) in [4.78, 5) is 16.9. The van der Waals surface area contributed by atoms with E-state index in [2.05, 4.69) is 9.89 Å². The zero-order valence-electron chi connectivity index (χ0n) is 11.4. The van der Waals surface area contributed by atoms with E-state index < -0.39 is 4.92 Å². The Labute approximate surface area is 118 Å². The quantitative estimate of drug-likeness (QED) is 0.344. The Morgan fingerprint density at radius 1 is 1.40 bits per heavy atom. The molecule has 0 atom stereocenters. The number of nitro groups is 1. The molecule has 1 aliphatic rings. The number of rotatable bonds is 6. The lowest BCUT2D eigenvalue weighted by Crippen LogP contribution is -2.37. The molecule has 0 radical (unpaired) electrons. The molecule has 0 unspecified atom stereocenters. The first-order valence-corrected chi connectivity index (χ1v) is 6.80. The highest BCUT2D eigenvalue weighted by atomic mass is 16.6. The van der Waals surface area contributed by atoms with Gasteiger partial charge in [0.2, 0.25) is 0 Å². The van der Waals surface area contributed by atoms with E-state index in [1.54, 1.807) is 12.3 Å². The van der Waals surface area contributed by atoms with Crippen LogP contribution in [0.1, 0.15) is 12.0 Å². The van der Waals surface area contributed by atoms with E-state index in [1.807, 2.05) is 6.07 Å². The van der Waals surface area contributed by atoms with Gasteiger partial charge in [-0.25, -0.2) is 0 Å². The SMILES string of the molecule is O=[N+]([O-])c1cccc(C=NCCCN2CCOCC2)c1. The van der Waals surface area contributed by atoms with Crippen LogP contribution in [0.2, 0.25) is 0 Å². The summed E-state index contributed by atoms with van der Waals surface area (Å²) in [5, 5.41) is 10.6. The van der Waals surface area contributed by atoms with Crippen molar-refractivity contribution in [1.29, 1.82) is 0 Å². The van der Waals surface area contributed by atoms with Crippen molar-refractivity contribution in [3.8, 4) is 0 Å². The lowest BCUT2D eigenvalue weighted by molar-refractivity contribution is -0.384. The summed E-state index contributed by atoms with van der Waals surface area (Å²) in [5.41, 5.74) is 0.868. The third-order valence-corrected chi connectivity index (χ3v) is 3.19. The molecule has 20 heavy (non-hydrogen) atoms. The van der Waals surface area contributed by atoms with E-state index in [0.29, 0.717) is 0 Å². The van der Waals surface area contributed by atoms with Crippen LogP contribution in [0.15, 0.2) is 29.3 Å². The molecule has 2 rings (SSSR count). The van der Waals surface area contributed by atoms with E-state index in [-0.39, 0.29) is 5.69 Å². The minimum Gasteiger partial charge on any atom is -0.379 e. The summed E-state index contributed by atoms with van der Waals surface area (Å²) in [6, 6.07) is 6.51. The highest BCUT2D eigenvalue weighted by Gasteiger charge is 2.08. The van der Waals surface area contributed by atoms with E-state index in [4.69, 9.17) is 4.74 Å². The summed E-state index contributed by atoms with van der Waals surface area (Å²) in [6.07, 6.45) is 2.69. The fourth-order valence-corrected chi connectivity index (χ4v) is 2.10. The van der Waals surface area contributed by atoms with Crippen molar-refractivity contribution in [3.05, 3.63) is 39.9 Å². The molecular weight excluding hydrogens is 258 g/mol. The molecule has 1 aliphatic heterocycles. The second-order valence-corrected chi connectivity index (χ2v) is 4.69. The summed E-state index contributed by atoms with van der Waals surface area (Å²) in [5.74, 6) is 0. The van der Waals surface area contributed by atoms with E-state index >= 15 is 0 Å². The van der Waals surface area contributed by atoms with Crippen LogP contribution < -0.4 is 0 Å². The summed E-state index contributed by atoms with van der Waals surface area (Å²) in [6.45, 7) is 5.38. The van der Waals surface area contributed by atoms with E-state index in [9.17, 15) is 10.1 Å². The molecule has 0 amide bonds. The predicted molar refractivity (Wildman–Crippen MR) is 77.4 cm³/mol. The second-order valence-electron chi connectivity index (χ2n) is 4.69. The Hall–Kier alpha value is -1.79. The number of nitrogens with zero attached hydrogens (tertiary/aromatic N) is 3. The van der Waals surface area contributed by atoms with Gasteiger partial charge in [-0.05, 0) is 12.0 Å². The van der Waals surface area contributed by atoms with Gasteiger partial charge in [0.05, 0.1) is 18.1 Å². The number of morpholine rings is 1. The lowest BCUT2D eigenvalue weighted by atomic mass is 10.2. The van der Waals surface area contributed by atoms with Crippen molar-refractivity contribution in [2.24, 2.45) is 4.99 Å². The molecule has 1 heterocycles. The smallest absolute Gasteiger partial charge is 0.270 e. The highest BCUT2D eigenvalue weighted by Crippen LogP contribution is 2.11. The molecule has 0 N–H and O–H groups in total. The van der Waals surface area contributed by atoms with Crippen LogP contribution in [0.3, 0.4) is 0 Å². The topological polar surface area (TPSA) is 68.0 Å². The van der Waals surface area contributed by atoms with Crippen LogP contribution in [0.25, 0.3) is 0 Å². The average molecular weight is 277 g/mol. The van der Waals surface area contributed by atoms with Gasteiger partial charge in [-0.15, -0.1) is 0 Å². The van der Waals surface area contributed by atoms with Crippen molar-refractivity contribution in [2.45, 2.75) is 6.42 Å². The standard InChI is InChI=1S/C14H19N3O3/c18-17(19)14-4-1-3-13(11-14)12-15-5-2-6-16-7-9-20-10-8-16/h1,3-4,11-12H,2,5-10H2. The molecule has 0 bridgehead atoms. The zero-order chi connectivity index (χ0) is 14.2. The summed E-state index contributed by atoms with van der Waals surface area (Å²) in [7, 11) is 0. The number of hydrogen-bond donors (Lipinski definition) is 0. The van der Waals surface area contributed by atoms with Gasteiger partial charge in [-0.2, -0.15) is 0 Å². The van der Waals surface area contributed by atoms with Crippen molar-refractivity contribution in [1.82, 2.24) is 4.90 Å². The monoisotopic (exact) mass is 277 g/mol. The number of ether oxygens (including phenoxy) is 1. The number of benzene rings is 1. The molecule has 108 valence electrons. The highest BCUT2D eigenvalue weighted by molar-refractivity contribution is 5.80. The van der Waals surface area contributed by atoms with Crippen LogP contribution in [-0.2, 0) is 4.74 Å². The molecule has 1 aromatic rings. The Balaban J connectivity index is 1.72. The third-order valence-electron chi connectivity index (χ3n) is 3.19. The number of hydrogen-bond acceptors (Lipinski definition) is 5. The predicted octanol–water partition coefficient (Wildman–Crippen LogP) is 1.74. The first-order valence-electron chi connectivity index (χ1n) is 6.80. The summed E-state index contributed by atoms with van der Waals surface area (Å²) >= 11 is 0. The maximum absolute atomic E-state index is 10.6. The Kier molecular flexibility index (Phi) is 5.64. The normalized spacial score (nSPS) is 16.6. The maximum atomic E-state index is 10.6. The van der Waals surface area contributed by atoms with Crippen molar-refractivity contribution < 1.29 is 9.66 Å². The average Bonchev–Trinajstić information content (AvgIpc) is 2.48. The van der Waals surface area contributed by atoms with Crippen molar-refractivity contribution in [3.63, 3.8) is 0 Å². The van der Waals surface area contributed by atoms with Crippen molar-refractivity contribution >= 4 is 11.9 Å². The lowest BCUT2D eigenvalue weighted by Gasteiger charge is -2.26. The van der Waals surface area contributed by atoms with Gasteiger partial charge in [0.15, 0.2) is 0 Å². The molecular formula is C14H19N3O3. The molecule has 6 nitrogen and oxygen atoms in total. The first kappa shape index (κ1) is 14.6. The number of aliphatic imine (C=N–C) groups is 1. The van der Waals surface area contributed by atoms with Gasteiger partial charge in [-0.1, -0.05) is 12.1 Å². The van der Waals surface area contributed by atoms with Crippen LogP contribution in [0.5, 0.6) is 0 Å². The van der Waals surface area contributed by atoms with Gasteiger partial charge in [0.1, 0.15) is 0 Å². The molecule has 1 aromatic carbocycles. The number of non-ortho nitro benzene ring substituents is 1. The molecule has 0 saturated carbocycles. The Bertz CT molecular complexity index is 470.